The first-order valence-corrected chi connectivity index (χ1v) is 9.81. The first-order chi connectivity index (χ1) is 13.3. The number of anilines is 1. The number of aromatic hydroxyl groups is 1. The van der Waals surface area contributed by atoms with E-state index in [1.165, 1.54) is 25.7 Å². The van der Waals surface area contributed by atoms with Crippen LogP contribution in [0.2, 0.25) is 0 Å². The summed E-state index contributed by atoms with van der Waals surface area (Å²) in [6.45, 7) is 0. The molecule has 136 valence electrons. The highest BCUT2D eigenvalue weighted by molar-refractivity contribution is 7.22. The van der Waals surface area contributed by atoms with E-state index in [0.29, 0.717) is 22.9 Å². The Morgan fingerprint density at radius 3 is 2.78 bits per heavy atom. The third-order valence-electron chi connectivity index (χ3n) is 4.94. The zero-order chi connectivity index (χ0) is 18.2. The third kappa shape index (κ3) is 3.12. The van der Waals surface area contributed by atoms with E-state index < -0.39 is 0 Å². The van der Waals surface area contributed by atoms with Gasteiger partial charge in [-0.05, 0) is 36.6 Å². The van der Waals surface area contributed by atoms with Gasteiger partial charge in [-0.3, -0.25) is 5.10 Å². The lowest BCUT2D eigenvalue weighted by molar-refractivity contribution is 0.477. The molecule has 1 aliphatic carbocycles. The summed E-state index contributed by atoms with van der Waals surface area (Å²) in [7, 11) is 0. The Bertz CT molecular complexity index is 1080. The van der Waals surface area contributed by atoms with E-state index in [-0.39, 0.29) is 5.75 Å². The molecule has 1 saturated carbocycles. The number of H-pyrrole nitrogens is 1. The number of rotatable bonds is 4. The number of hydrogen-bond acceptors (Lipinski definition) is 7. The number of phenolic OH excluding ortho intramolecular Hbond substituents is 1. The summed E-state index contributed by atoms with van der Waals surface area (Å²) in [5.74, 6) is 0.163. The van der Waals surface area contributed by atoms with Crippen LogP contribution in [0.25, 0.3) is 32.7 Å². The van der Waals surface area contributed by atoms with E-state index >= 15 is 0 Å². The fourth-order valence-electron chi connectivity index (χ4n) is 3.52. The largest absolute Gasteiger partial charge is 0.507 e. The zero-order valence-corrected chi connectivity index (χ0v) is 15.3. The van der Waals surface area contributed by atoms with Crippen molar-refractivity contribution in [2.45, 2.75) is 31.7 Å². The Balaban J connectivity index is 1.46. The topological polar surface area (TPSA) is 99.6 Å². The van der Waals surface area contributed by atoms with Crippen molar-refractivity contribution < 1.29 is 5.11 Å². The van der Waals surface area contributed by atoms with Gasteiger partial charge in [0, 0.05) is 23.4 Å². The van der Waals surface area contributed by atoms with E-state index in [1.54, 1.807) is 29.8 Å². The van der Waals surface area contributed by atoms with Crippen LogP contribution in [0.3, 0.4) is 0 Å². The maximum absolute atomic E-state index is 10.5. The second-order valence-corrected chi connectivity index (χ2v) is 7.81. The van der Waals surface area contributed by atoms with Gasteiger partial charge in [-0.2, -0.15) is 10.1 Å². The average Bonchev–Trinajstić information content (AvgIpc) is 3.43. The van der Waals surface area contributed by atoms with Gasteiger partial charge in [-0.25, -0.2) is 0 Å². The Kier molecular flexibility index (Phi) is 3.97. The maximum atomic E-state index is 10.5. The quantitative estimate of drug-likeness (QED) is 0.492. The molecule has 3 aromatic heterocycles. The van der Waals surface area contributed by atoms with E-state index in [9.17, 15) is 5.11 Å². The number of thiazole rings is 1. The summed E-state index contributed by atoms with van der Waals surface area (Å²) in [5.41, 5.74) is 3.73. The lowest BCUT2D eigenvalue weighted by Crippen LogP contribution is -2.13. The molecule has 1 aliphatic rings. The molecule has 1 fully saturated rings. The van der Waals surface area contributed by atoms with Crippen molar-refractivity contribution in [1.82, 2.24) is 25.4 Å². The van der Waals surface area contributed by atoms with Crippen molar-refractivity contribution in [3.05, 3.63) is 36.7 Å². The molecule has 8 heteroatoms. The molecule has 0 saturated heterocycles. The Morgan fingerprint density at radius 1 is 1.11 bits per heavy atom. The van der Waals surface area contributed by atoms with Crippen molar-refractivity contribution in [2.24, 2.45) is 0 Å². The van der Waals surface area contributed by atoms with Gasteiger partial charge in [0.2, 0.25) is 0 Å². The monoisotopic (exact) mass is 378 g/mol. The Labute approximate surface area is 159 Å². The van der Waals surface area contributed by atoms with Crippen LogP contribution in [-0.2, 0) is 0 Å². The highest BCUT2D eigenvalue weighted by atomic mass is 32.1. The van der Waals surface area contributed by atoms with Gasteiger partial charge in [0.25, 0.3) is 0 Å². The first kappa shape index (κ1) is 16.2. The van der Waals surface area contributed by atoms with Gasteiger partial charge in [-0.15, -0.1) is 10.2 Å². The molecule has 4 aromatic rings. The summed E-state index contributed by atoms with van der Waals surface area (Å²) in [4.78, 5) is 4.54. The number of aromatic nitrogens is 5. The predicted molar refractivity (Wildman–Crippen MR) is 106 cm³/mol. The maximum Gasteiger partial charge on any atom is 0.194 e. The minimum atomic E-state index is 0.163. The van der Waals surface area contributed by atoms with Crippen LogP contribution in [-0.4, -0.2) is 36.5 Å². The normalized spacial score (nSPS) is 14.8. The average molecular weight is 378 g/mol. The lowest BCUT2D eigenvalue weighted by Gasteiger charge is -2.08. The summed E-state index contributed by atoms with van der Waals surface area (Å²) < 4.78 is 0.957. The molecule has 5 rings (SSSR count). The fourth-order valence-corrected chi connectivity index (χ4v) is 4.43. The smallest absolute Gasteiger partial charge is 0.194 e. The molecular weight excluding hydrogens is 360 g/mol. The number of nitrogens with zero attached hydrogens (tertiary/aromatic N) is 4. The van der Waals surface area contributed by atoms with Crippen LogP contribution in [0.15, 0.2) is 36.7 Å². The number of benzene rings is 1. The van der Waals surface area contributed by atoms with Crippen LogP contribution >= 0.6 is 11.3 Å². The highest BCUT2D eigenvalue weighted by Gasteiger charge is 2.17. The minimum absolute atomic E-state index is 0.163. The van der Waals surface area contributed by atoms with E-state index in [1.807, 2.05) is 18.2 Å². The van der Waals surface area contributed by atoms with Gasteiger partial charge in [-0.1, -0.05) is 30.2 Å². The molecule has 7 nitrogen and oxygen atoms in total. The van der Waals surface area contributed by atoms with Crippen LogP contribution in [0, 0.1) is 0 Å². The van der Waals surface area contributed by atoms with Crippen LogP contribution in [0.5, 0.6) is 5.75 Å². The fraction of sp³-hybridized carbons (Fsp3) is 0.263. The standard InChI is InChI=1S/C19H18N6OS/c26-16-7-11(12-9-20-21-10-12)5-6-14(16)15-8-17-18(25-24-15)23-19(27-17)22-13-3-1-2-4-13/h5-10,13,26H,1-4H2,(H,20,21)(H,22,23,25). The highest BCUT2D eigenvalue weighted by Crippen LogP contribution is 2.35. The van der Waals surface area contributed by atoms with Crippen LogP contribution in [0.1, 0.15) is 25.7 Å². The second-order valence-electron chi connectivity index (χ2n) is 6.78. The van der Waals surface area contributed by atoms with Crippen molar-refractivity contribution in [3.8, 4) is 28.1 Å². The van der Waals surface area contributed by atoms with Crippen molar-refractivity contribution in [1.29, 1.82) is 0 Å². The molecule has 3 heterocycles. The first-order valence-electron chi connectivity index (χ1n) is 8.99. The molecule has 0 bridgehead atoms. The molecule has 0 radical (unpaired) electrons. The molecule has 0 atom stereocenters. The van der Waals surface area contributed by atoms with E-state index in [0.717, 1.165) is 21.0 Å². The molecule has 0 aliphatic heterocycles. The number of phenols is 1. The van der Waals surface area contributed by atoms with Gasteiger partial charge < -0.3 is 10.4 Å². The molecule has 0 amide bonds. The number of aromatic amines is 1. The molecule has 0 unspecified atom stereocenters. The summed E-state index contributed by atoms with van der Waals surface area (Å²) in [6, 6.07) is 7.95. The molecule has 1 aromatic carbocycles. The number of fused-ring (bicyclic) bond motifs is 1. The SMILES string of the molecule is Oc1cc(-c2cn[nH]c2)ccc1-c1cc2sc(NC3CCCC3)nc2nn1. The Hall–Kier alpha value is -3.00. The zero-order valence-electron chi connectivity index (χ0n) is 14.5. The van der Waals surface area contributed by atoms with Crippen molar-refractivity contribution in [2.75, 3.05) is 5.32 Å². The number of nitrogens with one attached hydrogen (secondary N) is 2. The third-order valence-corrected chi connectivity index (χ3v) is 5.87. The van der Waals surface area contributed by atoms with Crippen LogP contribution in [0.4, 0.5) is 5.13 Å². The van der Waals surface area contributed by atoms with Gasteiger partial charge in [0.1, 0.15) is 5.75 Å². The van der Waals surface area contributed by atoms with Gasteiger partial charge >= 0.3 is 0 Å². The van der Waals surface area contributed by atoms with Crippen molar-refractivity contribution in [3.63, 3.8) is 0 Å². The predicted octanol–water partition coefficient (Wildman–Crippen LogP) is 4.20. The molecule has 3 N–H and O–H groups in total. The molecule has 0 spiro atoms. The summed E-state index contributed by atoms with van der Waals surface area (Å²) in [6.07, 6.45) is 8.46. The van der Waals surface area contributed by atoms with E-state index in [2.05, 4.69) is 30.7 Å². The summed E-state index contributed by atoms with van der Waals surface area (Å²) in [5, 5.41) is 30.1. The minimum Gasteiger partial charge on any atom is -0.507 e. The molecular formula is C19H18N6OS. The Morgan fingerprint density at radius 2 is 2.00 bits per heavy atom. The van der Waals surface area contributed by atoms with Crippen LogP contribution < -0.4 is 5.32 Å². The number of hydrogen-bond donors (Lipinski definition) is 3. The summed E-state index contributed by atoms with van der Waals surface area (Å²) >= 11 is 1.58. The van der Waals surface area contributed by atoms with Gasteiger partial charge in [0.05, 0.1) is 16.6 Å². The lowest BCUT2D eigenvalue weighted by atomic mass is 10.0. The molecule has 27 heavy (non-hydrogen) atoms. The van der Waals surface area contributed by atoms with Gasteiger partial charge in [0.15, 0.2) is 10.8 Å². The van der Waals surface area contributed by atoms with E-state index in [4.69, 9.17) is 0 Å². The van der Waals surface area contributed by atoms with Crippen molar-refractivity contribution >= 4 is 26.8 Å². The second kappa shape index (κ2) is 6.62.